The van der Waals surface area contributed by atoms with Crippen LogP contribution in [0.1, 0.15) is 70.4 Å². The summed E-state index contributed by atoms with van der Waals surface area (Å²) in [6.07, 6.45) is 4.97. The van der Waals surface area contributed by atoms with Crippen LogP contribution in [-0.2, 0) is 0 Å². The van der Waals surface area contributed by atoms with Gasteiger partial charge in [-0.05, 0) is 38.8 Å². The van der Waals surface area contributed by atoms with Gasteiger partial charge in [0, 0.05) is 24.0 Å². The smallest absolute Gasteiger partial charge is 0.162 e. The second-order valence-corrected chi connectivity index (χ2v) is 6.50. The van der Waals surface area contributed by atoms with E-state index >= 15 is 0 Å². The van der Waals surface area contributed by atoms with E-state index < -0.39 is 0 Å². The van der Waals surface area contributed by atoms with E-state index in [2.05, 4.69) is 0 Å². The average Bonchev–Trinajstić information content (AvgIpc) is 2.57. The third-order valence-electron chi connectivity index (χ3n) is 4.24. The first-order valence-corrected chi connectivity index (χ1v) is 8.76. The molecule has 24 heavy (non-hydrogen) atoms. The largest absolute Gasteiger partial charge is 0.294 e. The van der Waals surface area contributed by atoms with Crippen LogP contribution >= 0.6 is 0 Å². The fourth-order valence-corrected chi connectivity index (χ4v) is 2.85. The first-order valence-electron chi connectivity index (χ1n) is 8.76. The molecule has 2 aromatic rings. The molecule has 0 radical (unpaired) electrons. The maximum Gasteiger partial charge on any atom is 0.162 e. The second kappa shape index (κ2) is 9.17. The Morgan fingerprint density at radius 1 is 0.667 bits per heavy atom. The molecule has 0 fully saturated rings. The van der Waals surface area contributed by atoms with Gasteiger partial charge in [-0.1, -0.05) is 60.4 Å². The topological polar surface area (TPSA) is 34.1 Å². The predicted octanol–water partition coefficient (Wildman–Crippen LogP) is 5.71. The molecular formula is C22H26O2. The van der Waals surface area contributed by atoms with Crippen molar-refractivity contribution in [2.45, 2.75) is 52.4 Å². The lowest BCUT2D eigenvalue weighted by atomic mass is 10.0. The Kier molecular flexibility index (Phi) is 6.92. The number of benzene rings is 2. The van der Waals surface area contributed by atoms with E-state index in [9.17, 15) is 9.59 Å². The normalized spacial score (nSPS) is 10.6. The molecule has 0 bridgehead atoms. The van der Waals surface area contributed by atoms with Crippen LogP contribution in [0.2, 0.25) is 0 Å². The molecule has 2 rings (SSSR count). The van der Waals surface area contributed by atoms with E-state index in [4.69, 9.17) is 0 Å². The first kappa shape index (κ1) is 18.1. The quantitative estimate of drug-likeness (QED) is 0.438. The van der Waals surface area contributed by atoms with Crippen molar-refractivity contribution in [3.63, 3.8) is 0 Å². The van der Waals surface area contributed by atoms with E-state index in [0.717, 1.165) is 47.9 Å². The minimum Gasteiger partial charge on any atom is -0.294 e. The number of carbonyl (C=O) groups excluding carboxylic acids is 2. The summed E-state index contributed by atoms with van der Waals surface area (Å²) in [6, 6.07) is 15.5. The predicted molar refractivity (Wildman–Crippen MR) is 98.7 cm³/mol. The zero-order valence-electron chi connectivity index (χ0n) is 14.7. The Morgan fingerprint density at radius 3 is 1.46 bits per heavy atom. The van der Waals surface area contributed by atoms with Gasteiger partial charge in [0.05, 0.1) is 0 Å². The number of Topliss-reactive ketones (excluding diaryl/α,β-unsaturated/α-hetero) is 2. The summed E-state index contributed by atoms with van der Waals surface area (Å²) in [4.78, 5) is 24.2. The Hall–Kier alpha value is -2.22. The number of hydrogen-bond acceptors (Lipinski definition) is 2. The zero-order valence-corrected chi connectivity index (χ0v) is 14.7. The van der Waals surface area contributed by atoms with Crippen LogP contribution in [0, 0.1) is 13.8 Å². The Labute approximate surface area is 144 Å². The summed E-state index contributed by atoms with van der Waals surface area (Å²) in [6.45, 7) is 4.00. The van der Waals surface area contributed by atoms with E-state index in [0.29, 0.717) is 12.8 Å². The molecule has 0 atom stereocenters. The Balaban J connectivity index is 1.63. The highest BCUT2D eigenvalue weighted by molar-refractivity contribution is 5.96. The number of hydrogen-bond donors (Lipinski definition) is 0. The minimum atomic E-state index is 0.217. The molecule has 0 saturated heterocycles. The summed E-state index contributed by atoms with van der Waals surface area (Å²) in [5.41, 5.74) is 3.86. The van der Waals surface area contributed by atoms with Gasteiger partial charge < -0.3 is 0 Å². The van der Waals surface area contributed by atoms with Crippen LogP contribution in [-0.4, -0.2) is 11.6 Å². The third-order valence-corrected chi connectivity index (χ3v) is 4.24. The monoisotopic (exact) mass is 322 g/mol. The van der Waals surface area contributed by atoms with Crippen LogP contribution in [0.4, 0.5) is 0 Å². The molecule has 0 aromatic heterocycles. The third kappa shape index (κ3) is 5.77. The second-order valence-electron chi connectivity index (χ2n) is 6.50. The standard InChI is InChI=1S/C22H26O2/c1-17-9-7-11-19(15-17)21(23)13-5-3-4-6-14-22(24)20-12-8-10-18(2)16-20/h7-12,15-16H,3-6,13-14H2,1-2H3. The maximum absolute atomic E-state index is 12.1. The number of carbonyl (C=O) groups is 2. The molecule has 0 amide bonds. The van der Waals surface area contributed by atoms with Gasteiger partial charge in [0.2, 0.25) is 0 Å². The summed E-state index contributed by atoms with van der Waals surface area (Å²) in [5, 5.41) is 0. The van der Waals surface area contributed by atoms with Gasteiger partial charge >= 0.3 is 0 Å². The van der Waals surface area contributed by atoms with Gasteiger partial charge in [-0.25, -0.2) is 0 Å². The lowest BCUT2D eigenvalue weighted by Crippen LogP contribution is -2.00. The van der Waals surface area contributed by atoms with Crippen molar-refractivity contribution in [3.8, 4) is 0 Å². The van der Waals surface area contributed by atoms with Crippen molar-refractivity contribution < 1.29 is 9.59 Å². The van der Waals surface area contributed by atoms with Gasteiger partial charge in [0.1, 0.15) is 0 Å². The molecule has 2 aromatic carbocycles. The van der Waals surface area contributed by atoms with Crippen molar-refractivity contribution in [1.29, 1.82) is 0 Å². The summed E-state index contributed by atoms with van der Waals surface area (Å²) in [7, 11) is 0. The van der Waals surface area contributed by atoms with Crippen molar-refractivity contribution in [2.24, 2.45) is 0 Å². The van der Waals surface area contributed by atoms with E-state index in [-0.39, 0.29) is 11.6 Å². The molecule has 0 heterocycles. The molecule has 0 spiro atoms. The van der Waals surface area contributed by atoms with Gasteiger partial charge in [-0.3, -0.25) is 9.59 Å². The number of aryl methyl sites for hydroxylation is 2. The van der Waals surface area contributed by atoms with Crippen molar-refractivity contribution in [3.05, 3.63) is 70.8 Å². The highest BCUT2D eigenvalue weighted by Gasteiger charge is 2.07. The first-order chi connectivity index (χ1) is 11.6. The fraction of sp³-hybridized carbons (Fsp3) is 0.364. The molecule has 2 nitrogen and oxygen atoms in total. The minimum absolute atomic E-state index is 0.217. The van der Waals surface area contributed by atoms with Crippen LogP contribution in [0.25, 0.3) is 0 Å². The fourth-order valence-electron chi connectivity index (χ4n) is 2.85. The van der Waals surface area contributed by atoms with Crippen LogP contribution in [0.5, 0.6) is 0 Å². The Bertz CT molecular complexity index is 639. The SMILES string of the molecule is Cc1cccc(C(=O)CCCCCCC(=O)c2cccc(C)c2)c1. The van der Waals surface area contributed by atoms with Gasteiger partial charge in [-0.15, -0.1) is 0 Å². The molecule has 126 valence electrons. The molecule has 0 aliphatic rings. The lowest BCUT2D eigenvalue weighted by molar-refractivity contribution is 0.0966. The number of unbranched alkanes of at least 4 members (excludes halogenated alkanes) is 3. The van der Waals surface area contributed by atoms with Gasteiger partial charge in [-0.2, -0.15) is 0 Å². The van der Waals surface area contributed by atoms with E-state index in [1.54, 1.807) is 0 Å². The molecule has 0 N–H and O–H groups in total. The zero-order chi connectivity index (χ0) is 17.4. The van der Waals surface area contributed by atoms with E-state index in [1.165, 1.54) is 0 Å². The summed E-state index contributed by atoms with van der Waals surface area (Å²) in [5.74, 6) is 0.434. The van der Waals surface area contributed by atoms with Crippen LogP contribution in [0.3, 0.4) is 0 Å². The number of rotatable bonds is 9. The highest BCUT2D eigenvalue weighted by Crippen LogP contribution is 2.13. The van der Waals surface area contributed by atoms with Gasteiger partial charge in [0.15, 0.2) is 11.6 Å². The molecule has 0 unspecified atom stereocenters. The van der Waals surface area contributed by atoms with Crippen molar-refractivity contribution in [2.75, 3.05) is 0 Å². The summed E-state index contributed by atoms with van der Waals surface area (Å²) < 4.78 is 0. The average molecular weight is 322 g/mol. The van der Waals surface area contributed by atoms with Crippen LogP contribution in [0.15, 0.2) is 48.5 Å². The van der Waals surface area contributed by atoms with Crippen molar-refractivity contribution in [1.82, 2.24) is 0 Å². The highest BCUT2D eigenvalue weighted by atomic mass is 16.1. The molecular weight excluding hydrogens is 296 g/mol. The Morgan fingerprint density at radius 2 is 1.08 bits per heavy atom. The maximum atomic E-state index is 12.1. The molecule has 0 saturated carbocycles. The molecule has 0 aliphatic heterocycles. The van der Waals surface area contributed by atoms with E-state index in [1.807, 2.05) is 62.4 Å². The lowest BCUT2D eigenvalue weighted by Gasteiger charge is -2.04. The van der Waals surface area contributed by atoms with Gasteiger partial charge in [0.25, 0.3) is 0 Å². The van der Waals surface area contributed by atoms with Crippen LogP contribution < -0.4 is 0 Å². The molecule has 2 heteroatoms. The summed E-state index contributed by atoms with van der Waals surface area (Å²) >= 11 is 0. The number of ketones is 2. The van der Waals surface area contributed by atoms with Crippen molar-refractivity contribution >= 4 is 11.6 Å². The molecule has 0 aliphatic carbocycles.